The van der Waals surface area contributed by atoms with Crippen molar-refractivity contribution in [3.8, 4) is 5.75 Å². The number of aromatic hydroxyl groups is 1. The van der Waals surface area contributed by atoms with Crippen LogP contribution in [0.3, 0.4) is 0 Å². The summed E-state index contributed by atoms with van der Waals surface area (Å²) >= 11 is 0. The highest BCUT2D eigenvalue weighted by Crippen LogP contribution is 2.08. The van der Waals surface area contributed by atoms with Crippen LogP contribution in [-0.2, 0) is 11.2 Å². The van der Waals surface area contributed by atoms with E-state index in [0.29, 0.717) is 11.0 Å². The second kappa shape index (κ2) is 3.30. The third-order valence-electron chi connectivity index (χ3n) is 1.47. The Labute approximate surface area is 71.1 Å². The topological polar surface area (TPSA) is 57.5 Å². The van der Waals surface area contributed by atoms with Gasteiger partial charge >= 0.3 is 5.97 Å². The molecule has 0 bridgehead atoms. The molecule has 1 aromatic carbocycles. The van der Waals surface area contributed by atoms with E-state index in [4.69, 9.17) is 18.1 Å². The molecule has 2 N–H and O–H groups in total. The molecule has 4 heteroatoms. The monoisotopic (exact) mass is 162 g/mol. The van der Waals surface area contributed by atoms with Crippen molar-refractivity contribution in [1.29, 1.82) is 0 Å². The Morgan fingerprint density at radius 3 is 2.75 bits per heavy atom. The molecule has 3 nitrogen and oxygen atoms in total. The molecule has 0 aliphatic rings. The molecular formula is C8H7BO3. The molecule has 0 saturated carbocycles. The average molecular weight is 162 g/mol. The van der Waals surface area contributed by atoms with E-state index in [1.165, 1.54) is 18.2 Å². The first kappa shape index (κ1) is 8.65. The van der Waals surface area contributed by atoms with Crippen LogP contribution in [0.4, 0.5) is 0 Å². The summed E-state index contributed by atoms with van der Waals surface area (Å²) in [4.78, 5) is 10.3. The fourth-order valence-corrected chi connectivity index (χ4v) is 0.908. The molecule has 0 fully saturated rings. The lowest BCUT2D eigenvalue weighted by Gasteiger charge is -2.02. The van der Waals surface area contributed by atoms with Crippen molar-refractivity contribution in [1.82, 2.24) is 0 Å². The molecular weight excluding hydrogens is 155 g/mol. The lowest BCUT2D eigenvalue weighted by Crippen LogP contribution is -2.13. The fraction of sp³-hybridized carbons (Fsp3) is 0.125. The van der Waals surface area contributed by atoms with Gasteiger partial charge in [0.05, 0.1) is 6.42 Å². The SMILES string of the molecule is [B]c1ccc(O)cc1CC(=O)O. The van der Waals surface area contributed by atoms with Gasteiger partial charge in [-0.15, -0.1) is 0 Å². The van der Waals surface area contributed by atoms with E-state index in [1.54, 1.807) is 0 Å². The molecule has 60 valence electrons. The van der Waals surface area contributed by atoms with Gasteiger partial charge in [-0.25, -0.2) is 0 Å². The van der Waals surface area contributed by atoms with Gasteiger partial charge in [0.25, 0.3) is 0 Å². The molecule has 0 aliphatic heterocycles. The number of carbonyl (C=O) groups is 1. The summed E-state index contributed by atoms with van der Waals surface area (Å²) in [6.07, 6.45) is -0.166. The van der Waals surface area contributed by atoms with Crippen LogP contribution in [0.5, 0.6) is 5.75 Å². The minimum atomic E-state index is -0.965. The Balaban J connectivity index is 2.97. The van der Waals surface area contributed by atoms with Gasteiger partial charge in [-0.3, -0.25) is 4.79 Å². The van der Waals surface area contributed by atoms with E-state index in [-0.39, 0.29) is 12.2 Å². The number of rotatable bonds is 2. The number of hydrogen-bond acceptors (Lipinski definition) is 2. The van der Waals surface area contributed by atoms with Gasteiger partial charge in [-0.1, -0.05) is 11.5 Å². The summed E-state index contributed by atoms with van der Waals surface area (Å²) in [5.41, 5.74) is 0.817. The molecule has 2 radical (unpaired) electrons. The van der Waals surface area contributed by atoms with Crippen LogP contribution in [0.15, 0.2) is 18.2 Å². The average Bonchev–Trinajstić information content (AvgIpc) is 1.96. The van der Waals surface area contributed by atoms with E-state index < -0.39 is 5.97 Å². The van der Waals surface area contributed by atoms with Crippen molar-refractivity contribution >= 4 is 19.3 Å². The molecule has 1 aromatic rings. The van der Waals surface area contributed by atoms with Crippen LogP contribution in [0.1, 0.15) is 5.56 Å². The second-order valence-electron chi connectivity index (χ2n) is 2.45. The Bertz CT molecular complexity index is 309. The maximum Gasteiger partial charge on any atom is 0.307 e. The van der Waals surface area contributed by atoms with Crippen molar-refractivity contribution in [2.75, 3.05) is 0 Å². The van der Waals surface area contributed by atoms with Crippen LogP contribution in [0.2, 0.25) is 0 Å². The zero-order chi connectivity index (χ0) is 9.14. The lowest BCUT2D eigenvalue weighted by molar-refractivity contribution is -0.136. The maximum absolute atomic E-state index is 10.3. The third kappa shape index (κ3) is 2.02. The summed E-state index contributed by atoms with van der Waals surface area (Å²) < 4.78 is 0. The normalized spacial score (nSPS) is 9.67. The molecule has 1 rings (SSSR count). The minimum absolute atomic E-state index is 0.0282. The van der Waals surface area contributed by atoms with Gasteiger partial charge in [0, 0.05) is 0 Å². The molecule has 0 spiro atoms. The van der Waals surface area contributed by atoms with Crippen molar-refractivity contribution in [2.45, 2.75) is 6.42 Å². The summed E-state index contributed by atoms with van der Waals surface area (Å²) in [5, 5.41) is 17.4. The summed E-state index contributed by atoms with van der Waals surface area (Å²) in [5.74, 6) is -0.937. The van der Waals surface area contributed by atoms with E-state index >= 15 is 0 Å². The number of carboxylic acid groups (broad SMARTS) is 1. The Hall–Kier alpha value is -1.45. The van der Waals surface area contributed by atoms with Crippen molar-refractivity contribution < 1.29 is 15.0 Å². The van der Waals surface area contributed by atoms with Gasteiger partial charge in [-0.05, 0) is 17.7 Å². The van der Waals surface area contributed by atoms with Crippen LogP contribution < -0.4 is 5.46 Å². The molecule has 0 amide bonds. The van der Waals surface area contributed by atoms with Gasteiger partial charge in [-0.2, -0.15) is 0 Å². The third-order valence-corrected chi connectivity index (χ3v) is 1.47. The molecule has 12 heavy (non-hydrogen) atoms. The quantitative estimate of drug-likeness (QED) is 0.592. The fourth-order valence-electron chi connectivity index (χ4n) is 0.908. The first-order chi connectivity index (χ1) is 5.59. The Morgan fingerprint density at radius 1 is 1.50 bits per heavy atom. The van der Waals surface area contributed by atoms with Gasteiger partial charge < -0.3 is 10.2 Å². The van der Waals surface area contributed by atoms with E-state index in [0.717, 1.165) is 0 Å². The smallest absolute Gasteiger partial charge is 0.307 e. The molecule has 0 unspecified atom stereocenters. The number of phenols is 1. The molecule has 0 atom stereocenters. The number of benzene rings is 1. The van der Waals surface area contributed by atoms with Gasteiger partial charge in [0.2, 0.25) is 0 Å². The van der Waals surface area contributed by atoms with Crippen LogP contribution in [-0.4, -0.2) is 24.0 Å². The molecule has 0 aromatic heterocycles. The number of aliphatic carboxylic acids is 1. The van der Waals surface area contributed by atoms with Crippen molar-refractivity contribution in [3.63, 3.8) is 0 Å². The molecule has 0 heterocycles. The standard InChI is InChI=1S/C8H7BO3/c9-7-2-1-6(10)3-5(7)4-8(11)12/h1-3,10H,4H2,(H,11,12). The molecule has 0 saturated heterocycles. The second-order valence-corrected chi connectivity index (χ2v) is 2.45. The summed E-state index contributed by atoms with van der Waals surface area (Å²) in [6, 6.07) is 4.25. The number of hydrogen-bond donors (Lipinski definition) is 2. The maximum atomic E-state index is 10.3. The Kier molecular flexibility index (Phi) is 2.38. The number of carboxylic acids is 1. The first-order valence-corrected chi connectivity index (χ1v) is 3.39. The zero-order valence-corrected chi connectivity index (χ0v) is 6.32. The predicted octanol–water partition coefficient (Wildman–Crippen LogP) is -0.187. The van der Waals surface area contributed by atoms with Crippen LogP contribution >= 0.6 is 0 Å². The lowest BCUT2D eigenvalue weighted by atomic mass is 9.89. The van der Waals surface area contributed by atoms with Crippen LogP contribution in [0.25, 0.3) is 0 Å². The summed E-state index contributed by atoms with van der Waals surface area (Å²) in [7, 11) is 5.46. The van der Waals surface area contributed by atoms with Gasteiger partial charge in [0.1, 0.15) is 13.6 Å². The van der Waals surface area contributed by atoms with E-state index in [1.807, 2.05) is 0 Å². The largest absolute Gasteiger partial charge is 0.508 e. The highest BCUT2D eigenvalue weighted by atomic mass is 16.4. The Morgan fingerprint density at radius 2 is 2.17 bits per heavy atom. The van der Waals surface area contributed by atoms with Crippen molar-refractivity contribution in [3.05, 3.63) is 23.8 Å². The van der Waals surface area contributed by atoms with Crippen LogP contribution in [0, 0.1) is 0 Å². The highest BCUT2D eigenvalue weighted by molar-refractivity contribution is 6.33. The summed E-state index contributed by atoms with van der Waals surface area (Å²) in [6.45, 7) is 0. The minimum Gasteiger partial charge on any atom is -0.508 e. The van der Waals surface area contributed by atoms with E-state index in [2.05, 4.69) is 0 Å². The highest BCUT2D eigenvalue weighted by Gasteiger charge is 2.03. The zero-order valence-electron chi connectivity index (χ0n) is 6.32. The molecule has 0 aliphatic carbocycles. The first-order valence-electron chi connectivity index (χ1n) is 3.39. The predicted molar refractivity (Wildman–Crippen MR) is 44.8 cm³/mol. The van der Waals surface area contributed by atoms with Gasteiger partial charge in [0.15, 0.2) is 0 Å². The van der Waals surface area contributed by atoms with Crippen molar-refractivity contribution in [2.24, 2.45) is 0 Å². The van der Waals surface area contributed by atoms with E-state index in [9.17, 15) is 4.79 Å². The number of phenolic OH excluding ortho intramolecular Hbond substituents is 1.